The van der Waals surface area contributed by atoms with Crippen molar-refractivity contribution in [2.45, 2.75) is 13.3 Å². The Kier molecular flexibility index (Phi) is 1.08. The molecule has 42 valence electrons. The standard InChI is InChI=1S/C6H14N/c1-3-7(2)5-4-6-7/h3-6H2,1-2H3/q+1. The van der Waals surface area contributed by atoms with E-state index in [1.165, 1.54) is 30.5 Å². The van der Waals surface area contributed by atoms with Crippen LogP contribution in [0.15, 0.2) is 0 Å². The van der Waals surface area contributed by atoms with E-state index < -0.39 is 0 Å². The van der Waals surface area contributed by atoms with Crippen LogP contribution < -0.4 is 0 Å². The fourth-order valence-electron chi connectivity index (χ4n) is 1.01. The maximum absolute atomic E-state index is 2.32. The van der Waals surface area contributed by atoms with Gasteiger partial charge < -0.3 is 4.48 Å². The van der Waals surface area contributed by atoms with Crippen LogP contribution in [0.5, 0.6) is 0 Å². The Hall–Kier alpha value is -0.0400. The van der Waals surface area contributed by atoms with Crippen LogP contribution >= 0.6 is 0 Å². The van der Waals surface area contributed by atoms with Gasteiger partial charge >= 0.3 is 0 Å². The maximum Gasteiger partial charge on any atom is 0.0838 e. The van der Waals surface area contributed by atoms with E-state index in [2.05, 4.69) is 14.0 Å². The lowest BCUT2D eigenvalue weighted by atomic mass is 10.2. The van der Waals surface area contributed by atoms with Gasteiger partial charge in [-0.25, -0.2) is 0 Å². The second-order valence-electron chi connectivity index (χ2n) is 2.74. The van der Waals surface area contributed by atoms with Gasteiger partial charge in [0.15, 0.2) is 0 Å². The highest BCUT2D eigenvalue weighted by Crippen LogP contribution is 2.14. The number of hydrogen-bond acceptors (Lipinski definition) is 0. The molecule has 1 nitrogen and oxygen atoms in total. The second-order valence-corrected chi connectivity index (χ2v) is 2.74. The fraction of sp³-hybridized carbons (Fsp3) is 1.00. The van der Waals surface area contributed by atoms with Crippen LogP contribution in [0.3, 0.4) is 0 Å². The Morgan fingerprint density at radius 3 is 2.00 bits per heavy atom. The molecule has 0 saturated carbocycles. The van der Waals surface area contributed by atoms with E-state index in [4.69, 9.17) is 0 Å². The van der Waals surface area contributed by atoms with Gasteiger partial charge in [0.2, 0.25) is 0 Å². The van der Waals surface area contributed by atoms with Crippen molar-refractivity contribution in [1.82, 2.24) is 0 Å². The van der Waals surface area contributed by atoms with Crippen LogP contribution in [0.1, 0.15) is 13.3 Å². The summed E-state index contributed by atoms with van der Waals surface area (Å²) < 4.78 is 1.32. The predicted octanol–water partition coefficient (Wildman–Crippen LogP) is 0.857. The average molecular weight is 100 g/mol. The minimum absolute atomic E-state index is 1.32. The summed E-state index contributed by atoms with van der Waals surface area (Å²) >= 11 is 0. The van der Waals surface area contributed by atoms with Gasteiger partial charge in [0.1, 0.15) is 0 Å². The summed E-state index contributed by atoms with van der Waals surface area (Å²) in [6, 6.07) is 0. The largest absolute Gasteiger partial charge is 0.326 e. The molecule has 0 aliphatic carbocycles. The number of nitrogens with zero attached hydrogens (tertiary/aromatic N) is 1. The molecule has 0 N–H and O–H groups in total. The van der Waals surface area contributed by atoms with Crippen molar-refractivity contribution in [3.8, 4) is 0 Å². The zero-order chi connectivity index (χ0) is 5.33. The SMILES string of the molecule is CC[N+]1(C)CCC1. The highest BCUT2D eigenvalue weighted by molar-refractivity contribution is 4.48. The summed E-state index contributed by atoms with van der Waals surface area (Å²) in [6.07, 6.45) is 1.45. The van der Waals surface area contributed by atoms with Gasteiger partial charge in [-0.2, -0.15) is 0 Å². The van der Waals surface area contributed by atoms with E-state index in [0.717, 1.165) is 0 Å². The van der Waals surface area contributed by atoms with E-state index in [9.17, 15) is 0 Å². The molecule has 1 aliphatic rings. The highest BCUT2D eigenvalue weighted by Gasteiger charge is 2.27. The number of likely N-dealkylation sites (tertiary alicyclic amines) is 1. The Labute approximate surface area is 45.5 Å². The molecular weight excluding hydrogens is 86.1 g/mol. The molecule has 1 fully saturated rings. The summed E-state index contributed by atoms with van der Waals surface area (Å²) in [6.45, 7) is 6.41. The average Bonchev–Trinajstić information content (AvgIpc) is 1.61. The topological polar surface area (TPSA) is 0 Å². The van der Waals surface area contributed by atoms with Gasteiger partial charge in [-0.05, 0) is 6.92 Å². The summed E-state index contributed by atoms with van der Waals surface area (Å²) in [7, 11) is 2.32. The quantitative estimate of drug-likeness (QED) is 0.429. The van der Waals surface area contributed by atoms with Crippen LogP contribution in [-0.2, 0) is 0 Å². The molecule has 0 aromatic carbocycles. The number of rotatable bonds is 1. The molecular formula is C6H14N+. The molecule has 0 unspecified atom stereocenters. The Morgan fingerprint density at radius 2 is 2.00 bits per heavy atom. The molecule has 0 spiro atoms. The van der Waals surface area contributed by atoms with E-state index in [0.29, 0.717) is 0 Å². The van der Waals surface area contributed by atoms with Crippen molar-refractivity contribution in [3.63, 3.8) is 0 Å². The molecule has 0 amide bonds. The molecule has 0 radical (unpaired) electrons. The Morgan fingerprint density at radius 1 is 1.43 bits per heavy atom. The van der Waals surface area contributed by atoms with Crippen molar-refractivity contribution in [2.24, 2.45) is 0 Å². The smallest absolute Gasteiger partial charge is 0.0838 e. The lowest BCUT2D eigenvalue weighted by Gasteiger charge is -2.41. The molecule has 1 rings (SSSR count). The lowest BCUT2D eigenvalue weighted by Crippen LogP contribution is -2.54. The number of hydrogen-bond donors (Lipinski definition) is 0. The zero-order valence-electron chi connectivity index (χ0n) is 5.28. The first-order valence-corrected chi connectivity index (χ1v) is 3.10. The van der Waals surface area contributed by atoms with Crippen LogP contribution in [0.4, 0.5) is 0 Å². The lowest BCUT2D eigenvalue weighted by molar-refractivity contribution is -0.944. The normalized spacial score (nSPS) is 26.6. The molecule has 0 bridgehead atoms. The van der Waals surface area contributed by atoms with E-state index >= 15 is 0 Å². The Bertz CT molecular complexity index is 59.1. The van der Waals surface area contributed by atoms with Crippen molar-refractivity contribution in [2.75, 3.05) is 26.7 Å². The third-order valence-electron chi connectivity index (χ3n) is 2.16. The molecule has 0 aromatic rings. The second kappa shape index (κ2) is 1.48. The monoisotopic (exact) mass is 100 g/mol. The molecule has 1 aliphatic heterocycles. The molecule has 0 atom stereocenters. The van der Waals surface area contributed by atoms with Crippen molar-refractivity contribution in [1.29, 1.82) is 0 Å². The molecule has 1 saturated heterocycles. The van der Waals surface area contributed by atoms with E-state index in [-0.39, 0.29) is 0 Å². The molecule has 1 heterocycles. The first-order valence-electron chi connectivity index (χ1n) is 3.10. The van der Waals surface area contributed by atoms with Gasteiger partial charge in [0.25, 0.3) is 0 Å². The highest BCUT2D eigenvalue weighted by atomic mass is 15.4. The van der Waals surface area contributed by atoms with E-state index in [1.54, 1.807) is 0 Å². The molecule has 7 heavy (non-hydrogen) atoms. The van der Waals surface area contributed by atoms with Crippen LogP contribution in [0.2, 0.25) is 0 Å². The third kappa shape index (κ3) is 0.778. The predicted molar refractivity (Wildman–Crippen MR) is 31.1 cm³/mol. The minimum atomic E-state index is 1.32. The number of quaternary nitrogens is 1. The minimum Gasteiger partial charge on any atom is -0.326 e. The van der Waals surface area contributed by atoms with Gasteiger partial charge in [-0.3, -0.25) is 0 Å². The van der Waals surface area contributed by atoms with Crippen molar-refractivity contribution >= 4 is 0 Å². The molecule has 1 heteroatoms. The van der Waals surface area contributed by atoms with Crippen molar-refractivity contribution < 1.29 is 4.48 Å². The van der Waals surface area contributed by atoms with Crippen molar-refractivity contribution in [3.05, 3.63) is 0 Å². The fourth-order valence-corrected chi connectivity index (χ4v) is 1.01. The van der Waals surface area contributed by atoms with Gasteiger partial charge in [-0.15, -0.1) is 0 Å². The van der Waals surface area contributed by atoms with Gasteiger partial charge in [0.05, 0.1) is 26.7 Å². The first-order chi connectivity index (χ1) is 3.27. The van der Waals surface area contributed by atoms with Crippen LogP contribution in [0.25, 0.3) is 0 Å². The summed E-state index contributed by atoms with van der Waals surface area (Å²) in [5, 5.41) is 0. The third-order valence-corrected chi connectivity index (χ3v) is 2.16. The molecule has 0 aromatic heterocycles. The van der Waals surface area contributed by atoms with Crippen LogP contribution in [-0.4, -0.2) is 31.2 Å². The maximum atomic E-state index is 2.32. The van der Waals surface area contributed by atoms with Gasteiger partial charge in [-0.1, -0.05) is 0 Å². The van der Waals surface area contributed by atoms with Gasteiger partial charge in [0, 0.05) is 6.42 Å². The summed E-state index contributed by atoms with van der Waals surface area (Å²) in [5.41, 5.74) is 0. The Balaban J connectivity index is 2.29. The van der Waals surface area contributed by atoms with Crippen LogP contribution in [0, 0.1) is 0 Å². The summed E-state index contributed by atoms with van der Waals surface area (Å²) in [4.78, 5) is 0. The first kappa shape index (κ1) is 5.10. The summed E-state index contributed by atoms with van der Waals surface area (Å²) in [5.74, 6) is 0. The van der Waals surface area contributed by atoms with E-state index in [1.807, 2.05) is 0 Å². The zero-order valence-corrected chi connectivity index (χ0v) is 5.28.